The minimum Gasteiger partial charge on any atom is -0.382 e. The van der Waals surface area contributed by atoms with Gasteiger partial charge in [0.2, 0.25) is 17.7 Å². The van der Waals surface area contributed by atoms with E-state index in [1.54, 1.807) is 27.7 Å². The number of nitrogens with one attached hydrogen (secondary N) is 4. The molecule has 2 atom stereocenters. The van der Waals surface area contributed by atoms with Gasteiger partial charge in [-0.15, -0.1) is 0 Å². The van der Waals surface area contributed by atoms with Crippen LogP contribution in [0, 0.1) is 6.92 Å². The zero-order valence-electron chi connectivity index (χ0n) is 23.2. The van der Waals surface area contributed by atoms with Gasteiger partial charge in [-0.05, 0) is 44.0 Å². The Hall–Kier alpha value is -4.29. The molecule has 0 aliphatic heterocycles. The molecule has 0 spiro atoms. The Balaban J connectivity index is 1.71. The van der Waals surface area contributed by atoms with Crippen molar-refractivity contribution in [1.82, 2.24) is 26.6 Å². The smallest absolute Gasteiger partial charge is 0.274 e. The maximum Gasteiger partial charge on any atom is 0.274 e. The van der Waals surface area contributed by atoms with E-state index in [1.807, 2.05) is 42.5 Å². The van der Waals surface area contributed by atoms with Crippen molar-refractivity contribution in [2.75, 3.05) is 13.7 Å². The molecule has 1 heterocycles. The highest BCUT2D eigenvalue weighted by Crippen LogP contribution is 2.18. The summed E-state index contributed by atoms with van der Waals surface area (Å²) in [5.41, 5.74) is 2.42. The summed E-state index contributed by atoms with van der Waals surface area (Å²) in [6, 6.07) is 12.5. The number of aromatic nitrogens is 1. The number of fused-ring (bicyclic) bond motifs is 1. The lowest BCUT2D eigenvalue weighted by Gasteiger charge is -2.23. The molecule has 0 fully saturated rings. The molecule has 0 radical (unpaired) electrons. The zero-order chi connectivity index (χ0) is 29.3. The number of carbonyl (C=O) groups is 4. The number of methoxy groups -OCH3 is 1. The number of aryl methyl sites for hydroxylation is 1. The average molecular weight is 554 g/mol. The number of hydroxylamine groups is 1. The largest absolute Gasteiger partial charge is 0.382 e. The van der Waals surface area contributed by atoms with Crippen LogP contribution in [0.15, 0.2) is 53.1 Å². The fourth-order valence-corrected chi connectivity index (χ4v) is 3.73. The summed E-state index contributed by atoms with van der Waals surface area (Å²) in [7, 11) is 1.39. The van der Waals surface area contributed by atoms with Crippen molar-refractivity contribution in [3.8, 4) is 0 Å². The van der Waals surface area contributed by atoms with Crippen molar-refractivity contribution in [3.05, 3.63) is 65.5 Å². The van der Waals surface area contributed by atoms with Gasteiger partial charge in [-0.3, -0.25) is 24.0 Å². The molecule has 214 valence electrons. The minimum absolute atomic E-state index is 0.0667. The van der Waals surface area contributed by atoms with Gasteiger partial charge in [0.15, 0.2) is 5.69 Å². The Bertz CT molecular complexity index is 1340. The molecule has 40 heavy (non-hydrogen) atoms. The number of benzene rings is 2. The first-order chi connectivity index (χ1) is 19.0. The van der Waals surface area contributed by atoms with E-state index in [0.717, 1.165) is 16.3 Å². The molecule has 0 bridgehead atoms. The Morgan fingerprint density at radius 2 is 1.70 bits per heavy atom. The third kappa shape index (κ3) is 8.89. The Kier molecular flexibility index (Phi) is 10.3. The molecule has 3 aromatic rings. The van der Waals surface area contributed by atoms with Gasteiger partial charge in [-0.2, -0.15) is 0 Å². The summed E-state index contributed by atoms with van der Waals surface area (Å²) in [4.78, 5) is 56.8. The standard InChI is InChI=1S/C28H35N5O7/c1-17-13-22(32-39-17)27(37)30-21(14-24(34)33-40-28(2,3)4)26(36)31-23(16-38-5)25(35)29-15-19-11-8-10-18-9-6-7-12-20(18)19/h6-13,21,23H,14-16H2,1-5H3,(H,29,35)(H,30,37)(H,31,36)(H,33,34)/t21-,23-/m0/s1. The second kappa shape index (κ2) is 13.7. The molecule has 3 rings (SSSR count). The molecule has 0 saturated heterocycles. The van der Waals surface area contributed by atoms with Crippen LogP contribution in [-0.2, 0) is 30.5 Å². The van der Waals surface area contributed by atoms with Gasteiger partial charge in [-0.25, -0.2) is 5.48 Å². The number of ether oxygens (including phenoxy) is 1. The molecule has 1 aromatic heterocycles. The highest BCUT2D eigenvalue weighted by atomic mass is 16.7. The summed E-state index contributed by atoms with van der Waals surface area (Å²) < 4.78 is 10.1. The Morgan fingerprint density at radius 3 is 2.38 bits per heavy atom. The second-order valence-electron chi connectivity index (χ2n) is 10.2. The van der Waals surface area contributed by atoms with Crippen molar-refractivity contribution >= 4 is 34.4 Å². The van der Waals surface area contributed by atoms with E-state index >= 15 is 0 Å². The first-order valence-electron chi connectivity index (χ1n) is 12.7. The predicted molar refractivity (Wildman–Crippen MR) is 146 cm³/mol. The van der Waals surface area contributed by atoms with Crippen molar-refractivity contribution in [2.45, 2.75) is 58.3 Å². The highest BCUT2D eigenvalue weighted by Gasteiger charge is 2.30. The molecule has 12 heteroatoms. The van der Waals surface area contributed by atoms with Gasteiger partial charge in [0.1, 0.15) is 17.8 Å². The summed E-state index contributed by atoms with van der Waals surface area (Å²) in [5.74, 6) is -2.27. The van der Waals surface area contributed by atoms with Crippen LogP contribution in [0.5, 0.6) is 0 Å². The zero-order valence-corrected chi connectivity index (χ0v) is 23.2. The van der Waals surface area contributed by atoms with Crippen LogP contribution in [0.3, 0.4) is 0 Å². The SMILES string of the molecule is COC[C@H](NC(=O)[C@H](CC(=O)NOC(C)(C)C)NC(=O)c1cc(C)on1)C(=O)NCc1cccc2ccccc12. The van der Waals surface area contributed by atoms with Crippen LogP contribution in [0.1, 0.15) is 49.0 Å². The van der Waals surface area contributed by atoms with Gasteiger partial charge < -0.3 is 25.2 Å². The molecule has 0 unspecified atom stereocenters. The monoisotopic (exact) mass is 553 g/mol. The summed E-state index contributed by atoms with van der Waals surface area (Å²) >= 11 is 0. The lowest BCUT2D eigenvalue weighted by atomic mass is 10.0. The number of nitrogens with zero attached hydrogens (tertiary/aromatic N) is 1. The Morgan fingerprint density at radius 1 is 0.975 bits per heavy atom. The number of amides is 4. The molecule has 2 aromatic carbocycles. The van der Waals surface area contributed by atoms with E-state index in [4.69, 9.17) is 14.1 Å². The molecular weight excluding hydrogens is 518 g/mol. The fraction of sp³-hybridized carbons (Fsp3) is 0.393. The quantitative estimate of drug-likeness (QED) is 0.247. The molecular formula is C28H35N5O7. The van der Waals surface area contributed by atoms with E-state index in [9.17, 15) is 19.2 Å². The van der Waals surface area contributed by atoms with Crippen molar-refractivity contribution in [2.24, 2.45) is 0 Å². The van der Waals surface area contributed by atoms with E-state index in [0.29, 0.717) is 5.76 Å². The molecule has 4 amide bonds. The first-order valence-corrected chi connectivity index (χ1v) is 12.7. The fourth-order valence-electron chi connectivity index (χ4n) is 3.73. The van der Waals surface area contributed by atoms with Crippen LogP contribution >= 0.6 is 0 Å². The molecule has 0 saturated carbocycles. The minimum atomic E-state index is -1.36. The van der Waals surface area contributed by atoms with Crippen LogP contribution in [0.25, 0.3) is 10.8 Å². The third-order valence-corrected chi connectivity index (χ3v) is 5.64. The normalized spacial score (nSPS) is 12.8. The summed E-state index contributed by atoms with van der Waals surface area (Å²) in [6.45, 7) is 6.89. The number of hydrogen-bond acceptors (Lipinski definition) is 8. The third-order valence-electron chi connectivity index (χ3n) is 5.64. The van der Waals surface area contributed by atoms with Crippen molar-refractivity contribution < 1.29 is 33.3 Å². The summed E-state index contributed by atoms with van der Waals surface area (Å²) in [6.07, 6.45) is -0.470. The average Bonchev–Trinajstić information content (AvgIpc) is 3.35. The maximum atomic E-state index is 13.3. The second-order valence-corrected chi connectivity index (χ2v) is 10.2. The number of carbonyl (C=O) groups excluding carboxylic acids is 4. The van der Waals surface area contributed by atoms with Gasteiger partial charge in [-0.1, -0.05) is 47.6 Å². The topological polar surface area (TPSA) is 161 Å². The molecule has 12 nitrogen and oxygen atoms in total. The first kappa shape index (κ1) is 30.3. The van der Waals surface area contributed by atoms with Gasteiger partial charge >= 0.3 is 0 Å². The predicted octanol–water partition coefficient (Wildman–Crippen LogP) is 1.92. The van der Waals surface area contributed by atoms with E-state index < -0.39 is 47.7 Å². The summed E-state index contributed by atoms with van der Waals surface area (Å²) in [5, 5.41) is 13.5. The van der Waals surface area contributed by atoms with Crippen LogP contribution in [0.2, 0.25) is 0 Å². The highest BCUT2D eigenvalue weighted by molar-refractivity contribution is 5.99. The lowest BCUT2D eigenvalue weighted by molar-refractivity contribution is -0.147. The van der Waals surface area contributed by atoms with Crippen LogP contribution in [-0.4, -0.2) is 60.2 Å². The number of rotatable bonds is 12. The molecule has 0 aliphatic rings. The van der Waals surface area contributed by atoms with E-state index in [-0.39, 0.29) is 18.8 Å². The molecule has 0 aliphatic carbocycles. The van der Waals surface area contributed by atoms with Crippen molar-refractivity contribution in [3.63, 3.8) is 0 Å². The lowest BCUT2D eigenvalue weighted by Crippen LogP contribution is -2.56. The van der Waals surface area contributed by atoms with Crippen LogP contribution < -0.4 is 21.4 Å². The van der Waals surface area contributed by atoms with Crippen LogP contribution in [0.4, 0.5) is 0 Å². The van der Waals surface area contributed by atoms with Gasteiger partial charge in [0.05, 0.1) is 18.6 Å². The van der Waals surface area contributed by atoms with E-state index in [1.165, 1.54) is 13.2 Å². The Labute approximate surface area is 232 Å². The van der Waals surface area contributed by atoms with Crippen molar-refractivity contribution in [1.29, 1.82) is 0 Å². The van der Waals surface area contributed by atoms with Gasteiger partial charge in [0, 0.05) is 19.7 Å². The molecule has 4 N–H and O–H groups in total. The van der Waals surface area contributed by atoms with Gasteiger partial charge in [0.25, 0.3) is 5.91 Å². The number of hydrogen-bond donors (Lipinski definition) is 4. The maximum absolute atomic E-state index is 13.3. The van der Waals surface area contributed by atoms with E-state index in [2.05, 4.69) is 26.6 Å².